The summed E-state index contributed by atoms with van der Waals surface area (Å²) in [5, 5.41) is 6.22. The topological polar surface area (TPSA) is 201 Å². The number of amides is 2. The largest absolute Gasteiger partial charge is 0.493 e. The molecule has 5 aromatic carbocycles. The molecule has 0 spiro atoms. The van der Waals surface area contributed by atoms with Gasteiger partial charge in [0.1, 0.15) is 34.4 Å². The van der Waals surface area contributed by atoms with Gasteiger partial charge in [0.05, 0.1) is 34.1 Å². The number of aryl methyl sites for hydroxylation is 2. The molecule has 0 bridgehead atoms. The van der Waals surface area contributed by atoms with Crippen LogP contribution in [0.5, 0.6) is 34.5 Å². The number of methoxy groups -OCH3 is 4. The maximum atomic E-state index is 14.6. The van der Waals surface area contributed by atoms with Gasteiger partial charge in [0, 0.05) is 47.4 Å². The van der Waals surface area contributed by atoms with Gasteiger partial charge in [-0.25, -0.2) is 24.0 Å². The van der Waals surface area contributed by atoms with E-state index in [2.05, 4.69) is 10.6 Å². The number of ether oxygens (including phenoxy) is 8. The van der Waals surface area contributed by atoms with Gasteiger partial charge in [-0.1, -0.05) is 66.7 Å². The zero-order chi connectivity index (χ0) is 53.1. The SMILES string of the molecule is COc1cc2c(cc1OC)-c1c(-c3ccc(OC(=O)[C@H](Cc4ccccc4)NC(=O)OC(C)(C)C)c(OC)c3)c3c4cc(OC)c(OC(=O)[C@H](Cc5ccccc5)NC(=O)OC(C)(C)C)cc4oc(=O)c3n1CC2. The number of hydrogen-bond donors (Lipinski definition) is 2. The second-order valence-corrected chi connectivity index (χ2v) is 19.6. The number of benzene rings is 5. The highest BCUT2D eigenvalue weighted by molar-refractivity contribution is 6.17. The van der Waals surface area contributed by atoms with E-state index in [-0.39, 0.29) is 46.9 Å². The molecule has 0 saturated heterocycles. The average molecular weight is 1010 g/mol. The Hall–Kier alpha value is -8.47. The summed E-state index contributed by atoms with van der Waals surface area (Å²) in [6.45, 7) is 10.7. The monoisotopic (exact) mass is 1010 g/mol. The minimum atomic E-state index is -1.20. The van der Waals surface area contributed by atoms with Crippen molar-refractivity contribution in [1.29, 1.82) is 0 Å². The number of hydrogen-bond acceptors (Lipinski definition) is 14. The fourth-order valence-electron chi connectivity index (χ4n) is 8.92. The van der Waals surface area contributed by atoms with Gasteiger partial charge in [-0.2, -0.15) is 0 Å². The van der Waals surface area contributed by atoms with E-state index in [0.717, 1.165) is 22.3 Å². The van der Waals surface area contributed by atoms with Gasteiger partial charge in [-0.15, -0.1) is 0 Å². The first kappa shape index (κ1) is 51.9. The summed E-state index contributed by atoms with van der Waals surface area (Å²) in [4.78, 5) is 68.9. The number of rotatable bonds is 15. The average Bonchev–Trinajstić information content (AvgIpc) is 3.71. The van der Waals surface area contributed by atoms with Crippen molar-refractivity contribution >= 4 is 46.0 Å². The number of carbonyl (C=O) groups excluding carboxylic acids is 4. The minimum Gasteiger partial charge on any atom is -0.493 e. The van der Waals surface area contributed by atoms with E-state index in [9.17, 15) is 24.0 Å². The van der Waals surface area contributed by atoms with Crippen molar-refractivity contribution in [3.63, 3.8) is 0 Å². The van der Waals surface area contributed by atoms with Crippen LogP contribution in [0.3, 0.4) is 0 Å². The first-order valence-corrected chi connectivity index (χ1v) is 23.9. The molecule has 2 atom stereocenters. The van der Waals surface area contributed by atoms with Crippen LogP contribution in [0.15, 0.2) is 112 Å². The molecule has 1 aliphatic rings. The number of nitrogens with one attached hydrogen (secondary N) is 2. The molecule has 2 aromatic heterocycles. The van der Waals surface area contributed by atoms with Crippen molar-refractivity contribution in [1.82, 2.24) is 15.2 Å². The Morgan fingerprint density at radius 1 is 0.608 bits per heavy atom. The van der Waals surface area contributed by atoms with Crippen molar-refractivity contribution in [2.24, 2.45) is 0 Å². The number of alkyl carbamates (subject to hydrolysis) is 2. The Kier molecular flexibility index (Phi) is 14.9. The van der Waals surface area contributed by atoms with Crippen LogP contribution in [0, 0.1) is 0 Å². The molecular formula is C57H59N3O14. The van der Waals surface area contributed by atoms with Gasteiger partial charge in [-0.3, -0.25) is 0 Å². The molecule has 74 heavy (non-hydrogen) atoms. The van der Waals surface area contributed by atoms with Gasteiger partial charge in [-0.05, 0) is 101 Å². The zero-order valence-electron chi connectivity index (χ0n) is 43.0. The first-order chi connectivity index (χ1) is 35.3. The van der Waals surface area contributed by atoms with Crippen LogP contribution in [0.2, 0.25) is 0 Å². The van der Waals surface area contributed by atoms with Gasteiger partial charge in [0.2, 0.25) is 0 Å². The third-order valence-corrected chi connectivity index (χ3v) is 12.1. The molecule has 0 saturated carbocycles. The quantitative estimate of drug-likeness (QED) is 0.0558. The molecular weight excluding hydrogens is 951 g/mol. The molecule has 0 unspecified atom stereocenters. The summed E-state index contributed by atoms with van der Waals surface area (Å²) in [6, 6.07) is 27.7. The lowest BCUT2D eigenvalue weighted by Crippen LogP contribution is -2.46. The van der Waals surface area contributed by atoms with E-state index in [4.69, 9.17) is 42.3 Å². The van der Waals surface area contributed by atoms with Crippen molar-refractivity contribution < 1.29 is 61.5 Å². The molecule has 7 aromatic rings. The van der Waals surface area contributed by atoms with E-state index >= 15 is 0 Å². The summed E-state index contributed by atoms with van der Waals surface area (Å²) in [6.07, 6.45) is -0.919. The highest BCUT2D eigenvalue weighted by Crippen LogP contribution is 2.50. The second-order valence-electron chi connectivity index (χ2n) is 19.6. The zero-order valence-corrected chi connectivity index (χ0v) is 43.0. The van der Waals surface area contributed by atoms with Crippen molar-refractivity contribution in [3.8, 4) is 56.9 Å². The van der Waals surface area contributed by atoms with Crippen LogP contribution >= 0.6 is 0 Å². The molecule has 0 fully saturated rings. The number of carbonyl (C=O) groups is 4. The molecule has 0 radical (unpaired) electrons. The summed E-state index contributed by atoms with van der Waals surface area (Å²) in [5.74, 6) is -0.370. The summed E-state index contributed by atoms with van der Waals surface area (Å²) in [7, 11) is 5.94. The van der Waals surface area contributed by atoms with Crippen LogP contribution in [-0.2, 0) is 44.9 Å². The Morgan fingerprint density at radius 3 is 1.64 bits per heavy atom. The van der Waals surface area contributed by atoms with Crippen LogP contribution in [0.25, 0.3) is 44.3 Å². The van der Waals surface area contributed by atoms with E-state index in [0.29, 0.717) is 52.1 Å². The highest BCUT2D eigenvalue weighted by atomic mass is 16.6. The standard InChI is InChI=1S/C57H59N3O14/c1-56(2,3)73-54(64)58-38(25-32-17-13-11-14-18-32)51(61)70-40-22-21-35(28-42(40)66-7)47-48-37-30-45(69-10)46(72-52(62)39(26-33-19-15-12-16-20-33)59-55(65)74-57(4,5)6)31-41(37)71-53(63)50(48)60-24-23-34-27-43(67-8)44(68-9)29-36(34)49(47)60/h11-22,27-31,38-39H,23-26H2,1-10H3,(H,58,64)(H,59,65)/t38-,39-/m0/s1. The minimum absolute atomic E-state index is 0.0544. The predicted molar refractivity (Wildman–Crippen MR) is 277 cm³/mol. The third kappa shape index (κ3) is 11.4. The maximum absolute atomic E-state index is 14.6. The molecule has 17 heteroatoms. The van der Waals surface area contributed by atoms with Gasteiger partial charge >= 0.3 is 29.8 Å². The maximum Gasteiger partial charge on any atom is 0.408 e. The summed E-state index contributed by atoms with van der Waals surface area (Å²) < 4.78 is 54.3. The Labute approximate surface area is 427 Å². The predicted octanol–water partition coefficient (Wildman–Crippen LogP) is 9.75. The fourth-order valence-corrected chi connectivity index (χ4v) is 8.92. The summed E-state index contributed by atoms with van der Waals surface area (Å²) in [5.41, 5.74) is 2.90. The lowest BCUT2D eigenvalue weighted by atomic mass is 9.91. The van der Waals surface area contributed by atoms with E-state index in [1.165, 1.54) is 27.4 Å². The van der Waals surface area contributed by atoms with Crippen LogP contribution < -0.4 is 44.7 Å². The molecule has 8 rings (SSSR count). The van der Waals surface area contributed by atoms with Gasteiger partial charge < -0.3 is 57.5 Å². The highest BCUT2D eigenvalue weighted by Gasteiger charge is 2.34. The second kappa shape index (κ2) is 21.3. The third-order valence-electron chi connectivity index (χ3n) is 12.1. The van der Waals surface area contributed by atoms with Crippen LogP contribution in [0.1, 0.15) is 58.2 Å². The molecule has 2 amide bonds. The van der Waals surface area contributed by atoms with Crippen molar-refractivity contribution in [2.75, 3.05) is 28.4 Å². The Bertz CT molecular complexity index is 3310. The number of esters is 2. The van der Waals surface area contributed by atoms with E-state index < -0.39 is 53.0 Å². The van der Waals surface area contributed by atoms with Crippen LogP contribution in [-0.4, -0.2) is 80.4 Å². The smallest absolute Gasteiger partial charge is 0.408 e. The number of aromatic nitrogens is 1. The van der Waals surface area contributed by atoms with E-state index in [1.807, 2.05) is 77.4 Å². The van der Waals surface area contributed by atoms with E-state index in [1.54, 1.807) is 72.9 Å². The fraction of sp³-hybridized carbons (Fsp3) is 0.316. The molecule has 3 heterocycles. The Balaban J connectivity index is 1.26. The lowest BCUT2D eigenvalue weighted by molar-refractivity contribution is -0.137. The van der Waals surface area contributed by atoms with Gasteiger partial charge in [0.25, 0.3) is 0 Å². The summed E-state index contributed by atoms with van der Waals surface area (Å²) >= 11 is 0. The Morgan fingerprint density at radius 2 is 1.11 bits per heavy atom. The molecule has 0 aliphatic carbocycles. The molecule has 1 aliphatic heterocycles. The number of nitrogens with zero attached hydrogens (tertiary/aromatic N) is 1. The number of fused-ring (bicyclic) bond motifs is 7. The van der Waals surface area contributed by atoms with Gasteiger partial charge in [0.15, 0.2) is 34.5 Å². The van der Waals surface area contributed by atoms with Crippen LogP contribution in [0.4, 0.5) is 9.59 Å². The van der Waals surface area contributed by atoms with Crippen molar-refractivity contribution in [2.45, 2.75) is 90.6 Å². The molecule has 2 N–H and O–H groups in total. The molecule has 17 nitrogen and oxygen atoms in total. The first-order valence-electron chi connectivity index (χ1n) is 23.9. The molecule has 386 valence electrons. The normalized spacial score (nSPS) is 12.9. The lowest BCUT2D eigenvalue weighted by Gasteiger charge is -2.24. The van der Waals surface area contributed by atoms with Crippen molar-refractivity contribution in [3.05, 3.63) is 130 Å².